The van der Waals surface area contributed by atoms with Crippen molar-refractivity contribution in [3.05, 3.63) is 118 Å². The molecule has 1 heterocycles. The number of benzene rings is 3. The lowest BCUT2D eigenvalue weighted by Crippen LogP contribution is -2.49. The highest BCUT2D eigenvalue weighted by Crippen LogP contribution is 2.34. The van der Waals surface area contributed by atoms with Gasteiger partial charge in [-0.3, -0.25) is 4.90 Å². The lowest BCUT2D eigenvalue weighted by molar-refractivity contribution is -0.0860. The summed E-state index contributed by atoms with van der Waals surface area (Å²) in [6.45, 7) is 6.58. The van der Waals surface area contributed by atoms with Gasteiger partial charge in [0.05, 0.1) is 38.5 Å². The van der Waals surface area contributed by atoms with Gasteiger partial charge in [0.2, 0.25) is 0 Å². The standard InChI is InChI=1S/C32H38N4O5/c1-32(2,3)41-31(37)36-27(19-34-35-33)29(39-21-25-15-9-5-10-16-25)30(40-22-26-17-11-6-12-18-26)28(36)23-38-20-24-13-7-4-8-14-24/h4-18,27-30H,19-23H2,1-3H3/t27-,28-,29-,30-/m1/s1. The van der Waals surface area contributed by atoms with Gasteiger partial charge in [0.25, 0.3) is 0 Å². The van der Waals surface area contributed by atoms with Gasteiger partial charge in [0.15, 0.2) is 0 Å². The molecule has 0 aromatic heterocycles. The lowest BCUT2D eigenvalue weighted by Gasteiger charge is -2.32. The van der Waals surface area contributed by atoms with Crippen molar-refractivity contribution in [1.82, 2.24) is 4.90 Å². The Morgan fingerprint density at radius 2 is 1.24 bits per heavy atom. The number of nitrogens with zero attached hydrogens (tertiary/aromatic N) is 4. The molecule has 9 nitrogen and oxygen atoms in total. The molecule has 41 heavy (non-hydrogen) atoms. The zero-order valence-corrected chi connectivity index (χ0v) is 23.8. The molecule has 3 aromatic carbocycles. The molecule has 1 aliphatic rings. The number of ether oxygens (including phenoxy) is 4. The maximum absolute atomic E-state index is 13.7. The van der Waals surface area contributed by atoms with Crippen molar-refractivity contribution in [3.63, 3.8) is 0 Å². The van der Waals surface area contributed by atoms with Crippen molar-refractivity contribution in [2.45, 2.75) is 70.5 Å². The fraction of sp³-hybridized carbons (Fsp3) is 0.406. The molecule has 0 radical (unpaired) electrons. The van der Waals surface area contributed by atoms with Gasteiger partial charge in [-0.2, -0.15) is 0 Å². The molecule has 4 rings (SSSR count). The van der Waals surface area contributed by atoms with E-state index in [0.717, 1.165) is 16.7 Å². The van der Waals surface area contributed by atoms with E-state index >= 15 is 0 Å². The number of amides is 1. The van der Waals surface area contributed by atoms with E-state index < -0.39 is 36.0 Å². The van der Waals surface area contributed by atoms with Gasteiger partial charge in [-0.05, 0) is 43.0 Å². The molecular weight excluding hydrogens is 520 g/mol. The topological polar surface area (TPSA) is 106 Å². The van der Waals surface area contributed by atoms with Crippen LogP contribution < -0.4 is 0 Å². The molecule has 0 aliphatic carbocycles. The van der Waals surface area contributed by atoms with E-state index in [1.165, 1.54) is 0 Å². The molecule has 0 spiro atoms. The second-order valence-corrected chi connectivity index (χ2v) is 11.0. The fourth-order valence-corrected chi connectivity index (χ4v) is 4.89. The minimum atomic E-state index is -0.737. The van der Waals surface area contributed by atoms with Crippen molar-refractivity contribution in [2.24, 2.45) is 5.11 Å². The van der Waals surface area contributed by atoms with Crippen LogP contribution >= 0.6 is 0 Å². The Balaban J connectivity index is 1.66. The highest BCUT2D eigenvalue weighted by atomic mass is 16.6. The van der Waals surface area contributed by atoms with Crippen LogP contribution in [0.3, 0.4) is 0 Å². The van der Waals surface area contributed by atoms with Gasteiger partial charge in [0, 0.05) is 11.5 Å². The van der Waals surface area contributed by atoms with Crippen molar-refractivity contribution in [2.75, 3.05) is 13.2 Å². The first-order valence-electron chi connectivity index (χ1n) is 13.8. The van der Waals surface area contributed by atoms with Crippen LogP contribution in [-0.2, 0) is 38.8 Å². The molecule has 3 aromatic rings. The first kappa shape index (κ1) is 30.1. The number of azide groups is 1. The minimum Gasteiger partial charge on any atom is -0.444 e. The lowest BCUT2D eigenvalue weighted by atomic mass is 10.1. The predicted octanol–water partition coefficient (Wildman–Crippen LogP) is 6.67. The van der Waals surface area contributed by atoms with Crippen molar-refractivity contribution in [3.8, 4) is 0 Å². The van der Waals surface area contributed by atoms with Gasteiger partial charge in [-0.15, -0.1) is 0 Å². The molecule has 0 N–H and O–H groups in total. The average molecular weight is 559 g/mol. The number of hydrogen-bond acceptors (Lipinski definition) is 6. The van der Waals surface area contributed by atoms with E-state index in [1.807, 2.05) is 112 Å². The summed E-state index contributed by atoms with van der Waals surface area (Å²) < 4.78 is 25.0. The number of carbonyl (C=O) groups excluding carboxylic acids is 1. The van der Waals surface area contributed by atoms with Crippen LogP contribution in [0.2, 0.25) is 0 Å². The summed E-state index contributed by atoms with van der Waals surface area (Å²) in [5.74, 6) is 0. The molecule has 4 atom stereocenters. The third-order valence-corrected chi connectivity index (χ3v) is 6.70. The maximum Gasteiger partial charge on any atom is 0.411 e. The highest BCUT2D eigenvalue weighted by Gasteiger charge is 2.53. The molecule has 1 saturated heterocycles. The van der Waals surface area contributed by atoms with Gasteiger partial charge >= 0.3 is 6.09 Å². The van der Waals surface area contributed by atoms with E-state index in [9.17, 15) is 10.3 Å². The smallest absolute Gasteiger partial charge is 0.411 e. The summed E-state index contributed by atoms with van der Waals surface area (Å²) in [4.78, 5) is 18.3. The molecular formula is C32H38N4O5. The Morgan fingerprint density at radius 1 is 0.780 bits per heavy atom. The van der Waals surface area contributed by atoms with Gasteiger partial charge in [0.1, 0.15) is 17.8 Å². The molecule has 0 unspecified atom stereocenters. The summed E-state index contributed by atoms with van der Waals surface area (Å²) in [5.41, 5.74) is 11.4. The average Bonchev–Trinajstić information content (AvgIpc) is 3.26. The van der Waals surface area contributed by atoms with Crippen LogP contribution in [0.4, 0.5) is 4.79 Å². The molecule has 1 fully saturated rings. The first-order valence-corrected chi connectivity index (χ1v) is 13.8. The molecule has 0 bridgehead atoms. The van der Waals surface area contributed by atoms with Crippen LogP contribution in [0.15, 0.2) is 96.1 Å². The summed E-state index contributed by atoms with van der Waals surface area (Å²) >= 11 is 0. The Hall–Kier alpha value is -3.88. The van der Waals surface area contributed by atoms with E-state index in [-0.39, 0.29) is 13.2 Å². The van der Waals surface area contributed by atoms with Gasteiger partial charge in [-0.25, -0.2) is 4.79 Å². The number of hydrogen-bond donors (Lipinski definition) is 0. The van der Waals surface area contributed by atoms with Gasteiger partial charge in [-0.1, -0.05) is 96.1 Å². The maximum atomic E-state index is 13.7. The van der Waals surface area contributed by atoms with Crippen LogP contribution in [-0.4, -0.2) is 54.0 Å². The largest absolute Gasteiger partial charge is 0.444 e. The SMILES string of the molecule is CC(C)(C)OC(=O)N1[C@H](CN=[N+]=[N-])[C@@H](OCc2ccccc2)[C@H](OCc2ccccc2)[C@H]1COCc1ccccc1. The van der Waals surface area contributed by atoms with Crippen LogP contribution in [0.5, 0.6) is 0 Å². The third kappa shape index (κ3) is 8.80. The number of rotatable bonds is 12. The summed E-state index contributed by atoms with van der Waals surface area (Å²) in [6.07, 6.45) is -1.73. The highest BCUT2D eigenvalue weighted by molar-refractivity contribution is 5.70. The summed E-state index contributed by atoms with van der Waals surface area (Å²) in [6, 6.07) is 28.3. The first-order chi connectivity index (χ1) is 19.9. The monoisotopic (exact) mass is 558 g/mol. The van der Waals surface area contributed by atoms with Crippen LogP contribution in [0.1, 0.15) is 37.5 Å². The van der Waals surface area contributed by atoms with Crippen molar-refractivity contribution in [1.29, 1.82) is 0 Å². The summed E-state index contributed by atoms with van der Waals surface area (Å²) in [5, 5.41) is 3.86. The van der Waals surface area contributed by atoms with E-state index in [0.29, 0.717) is 19.8 Å². The van der Waals surface area contributed by atoms with Crippen molar-refractivity contribution >= 4 is 6.09 Å². The van der Waals surface area contributed by atoms with Crippen LogP contribution in [0.25, 0.3) is 10.4 Å². The normalized spacial score (nSPS) is 20.4. The Morgan fingerprint density at radius 3 is 1.71 bits per heavy atom. The van der Waals surface area contributed by atoms with E-state index in [2.05, 4.69) is 10.0 Å². The number of carbonyl (C=O) groups is 1. The second-order valence-electron chi connectivity index (χ2n) is 11.0. The van der Waals surface area contributed by atoms with E-state index in [4.69, 9.17) is 18.9 Å². The van der Waals surface area contributed by atoms with Crippen LogP contribution in [0, 0.1) is 0 Å². The molecule has 1 amide bonds. The zero-order valence-electron chi connectivity index (χ0n) is 23.8. The quantitative estimate of drug-likeness (QED) is 0.140. The zero-order chi connectivity index (χ0) is 29.1. The summed E-state index contributed by atoms with van der Waals surface area (Å²) in [7, 11) is 0. The van der Waals surface area contributed by atoms with Crippen molar-refractivity contribution < 1.29 is 23.7 Å². The Bertz CT molecular complexity index is 1260. The second kappa shape index (κ2) is 14.7. The Kier molecular flexibility index (Phi) is 10.8. The van der Waals surface area contributed by atoms with E-state index in [1.54, 1.807) is 4.90 Å². The fourth-order valence-electron chi connectivity index (χ4n) is 4.89. The number of likely N-dealkylation sites (tertiary alicyclic amines) is 1. The predicted molar refractivity (Wildman–Crippen MR) is 156 cm³/mol. The molecule has 9 heteroatoms. The third-order valence-electron chi connectivity index (χ3n) is 6.70. The molecule has 1 aliphatic heterocycles. The van der Waals surface area contributed by atoms with Gasteiger partial charge < -0.3 is 18.9 Å². The molecule has 216 valence electrons. The minimum absolute atomic E-state index is 0.00438. The Labute approximate surface area is 241 Å². The molecule has 0 saturated carbocycles.